The van der Waals surface area contributed by atoms with Crippen LogP contribution in [-0.4, -0.2) is 12.7 Å². The van der Waals surface area contributed by atoms with Crippen LogP contribution in [0.15, 0.2) is 24.3 Å². The Bertz CT molecular complexity index is 404. The maximum atomic E-state index is 6.52. The second-order valence-electron chi connectivity index (χ2n) is 5.86. The van der Waals surface area contributed by atoms with Gasteiger partial charge in [0.2, 0.25) is 0 Å². The zero-order valence-corrected chi connectivity index (χ0v) is 11.8. The highest BCUT2D eigenvalue weighted by molar-refractivity contribution is 5.27. The average molecular weight is 247 g/mol. The minimum Gasteiger partial charge on any atom is -0.376 e. The molecule has 1 fully saturated rings. The van der Waals surface area contributed by atoms with E-state index < -0.39 is 0 Å². The summed E-state index contributed by atoms with van der Waals surface area (Å²) in [6.45, 7) is 4.41. The lowest BCUT2D eigenvalue weighted by atomic mass is 9.73. The van der Waals surface area contributed by atoms with Crippen LogP contribution in [0.25, 0.3) is 0 Å². The minimum atomic E-state index is -0.175. The Morgan fingerprint density at radius 3 is 2.83 bits per heavy atom. The lowest BCUT2D eigenvalue weighted by Crippen LogP contribution is -2.46. The predicted octanol–water partition coefficient (Wildman–Crippen LogP) is 3.59. The minimum absolute atomic E-state index is 0.0230. The maximum absolute atomic E-state index is 6.52. The van der Waals surface area contributed by atoms with Crippen LogP contribution in [0.3, 0.4) is 0 Å². The molecule has 1 saturated carbocycles. The molecule has 1 aliphatic rings. The lowest BCUT2D eigenvalue weighted by Gasteiger charge is -2.43. The van der Waals surface area contributed by atoms with Gasteiger partial charge in [0.15, 0.2) is 0 Å². The number of methoxy groups -OCH3 is 1. The average Bonchev–Trinajstić information content (AvgIpc) is 2.37. The standard InChI is InChI=1S/C16H25NO/c1-12-6-4-8-14(10-12)15(17)16(18-3)9-5-7-13(2)11-16/h4,6,8,10,13,15H,5,7,9,11,17H2,1-3H3. The van der Waals surface area contributed by atoms with Gasteiger partial charge >= 0.3 is 0 Å². The molecule has 0 saturated heterocycles. The van der Waals surface area contributed by atoms with Gasteiger partial charge < -0.3 is 10.5 Å². The third-order valence-corrected chi connectivity index (χ3v) is 4.37. The second kappa shape index (κ2) is 5.41. The molecule has 2 rings (SSSR count). The number of ether oxygens (including phenoxy) is 1. The summed E-state index contributed by atoms with van der Waals surface area (Å²) in [5.41, 5.74) is 8.81. The molecule has 0 aromatic heterocycles. The fourth-order valence-electron chi connectivity index (χ4n) is 3.31. The van der Waals surface area contributed by atoms with E-state index in [1.807, 2.05) is 7.11 Å². The van der Waals surface area contributed by atoms with Crippen LogP contribution < -0.4 is 5.73 Å². The topological polar surface area (TPSA) is 35.2 Å². The Morgan fingerprint density at radius 2 is 2.22 bits per heavy atom. The van der Waals surface area contributed by atoms with Gasteiger partial charge in [-0.1, -0.05) is 49.6 Å². The van der Waals surface area contributed by atoms with E-state index in [2.05, 4.69) is 38.1 Å². The second-order valence-corrected chi connectivity index (χ2v) is 5.86. The lowest BCUT2D eigenvalue weighted by molar-refractivity contribution is -0.0718. The van der Waals surface area contributed by atoms with Crippen LogP contribution in [0.4, 0.5) is 0 Å². The van der Waals surface area contributed by atoms with Crippen molar-refractivity contribution in [2.75, 3.05) is 7.11 Å². The number of hydrogen-bond acceptors (Lipinski definition) is 2. The van der Waals surface area contributed by atoms with Gasteiger partial charge in [-0.25, -0.2) is 0 Å². The fraction of sp³-hybridized carbons (Fsp3) is 0.625. The molecule has 0 aliphatic heterocycles. The van der Waals surface area contributed by atoms with Crippen molar-refractivity contribution in [2.24, 2.45) is 11.7 Å². The van der Waals surface area contributed by atoms with Crippen molar-refractivity contribution >= 4 is 0 Å². The molecular formula is C16H25NO. The number of nitrogens with two attached hydrogens (primary N) is 1. The van der Waals surface area contributed by atoms with E-state index >= 15 is 0 Å². The van der Waals surface area contributed by atoms with Gasteiger partial charge in [0.25, 0.3) is 0 Å². The quantitative estimate of drug-likeness (QED) is 0.886. The molecule has 0 amide bonds. The molecule has 100 valence electrons. The number of hydrogen-bond donors (Lipinski definition) is 1. The molecule has 2 N–H and O–H groups in total. The fourth-order valence-corrected chi connectivity index (χ4v) is 3.31. The van der Waals surface area contributed by atoms with Gasteiger partial charge in [-0.3, -0.25) is 0 Å². The first-order valence-electron chi connectivity index (χ1n) is 6.95. The van der Waals surface area contributed by atoms with E-state index in [4.69, 9.17) is 10.5 Å². The summed E-state index contributed by atoms with van der Waals surface area (Å²) in [7, 11) is 1.81. The number of rotatable bonds is 3. The smallest absolute Gasteiger partial charge is 0.0872 e. The van der Waals surface area contributed by atoms with E-state index in [-0.39, 0.29) is 11.6 Å². The van der Waals surface area contributed by atoms with Gasteiger partial charge in [-0.15, -0.1) is 0 Å². The van der Waals surface area contributed by atoms with Crippen molar-refractivity contribution in [3.8, 4) is 0 Å². The van der Waals surface area contributed by atoms with Crippen molar-refractivity contribution in [2.45, 2.75) is 51.2 Å². The van der Waals surface area contributed by atoms with Crippen molar-refractivity contribution in [1.29, 1.82) is 0 Å². The van der Waals surface area contributed by atoms with Gasteiger partial charge in [0.1, 0.15) is 0 Å². The molecule has 0 radical (unpaired) electrons. The summed E-state index contributed by atoms with van der Waals surface area (Å²) in [6.07, 6.45) is 4.65. The van der Waals surface area contributed by atoms with Crippen LogP contribution in [0.5, 0.6) is 0 Å². The Kier molecular flexibility index (Phi) is 4.08. The van der Waals surface area contributed by atoms with E-state index in [9.17, 15) is 0 Å². The molecule has 18 heavy (non-hydrogen) atoms. The van der Waals surface area contributed by atoms with Gasteiger partial charge in [-0.2, -0.15) is 0 Å². The molecule has 1 aliphatic carbocycles. The van der Waals surface area contributed by atoms with Crippen molar-refractivity contribution < 1.29 is 4.74 Å². The maximum Gasteiger partial charge on any atom is 0.0872 e. The third-order valence-electron chi connectivity index (χ3n) is 4.37. The highest BCUT2D eigenvalue weighted by atomic mass is 16.5. The first kappa shape index (κ1) is 13.6. The van der Waals surface area contributed by atoms with Crippen molar-refractivity contribution in [3.05, 3.63) is 35.4 Å². The molecule has 0 heterocycles. The zero-order valence-electron chi connectivity index (χ0n) is 11.8. The van der Waals surface area contributed by atoms with Crippen LogP contribution in [-0.2, 0) is 4.74 Å². The molecule has 3 atom stereocenters. The highest BCUT2D eigenvalue weighted by Crippen LogP contribution is 2.42. The Hall–Kier alpha value is -0.860. The van der Waals surface area contributed by atoms with Crippen molar-refractivity contribution in [1.82, 2.24) is 0 Å². The van der Waals surface area contributed by atoms with Crippen LogP contribution in [0, 0.1) is 12.8 Å². The summed E-state index contributed by atoms with van der Waals surface area (Å²) in [6, 6.07) is 8.48. The Morgan fingerprint density at radius 1 is 1.44 bits per heavy atom. The van der Waals surface area contributed by atoms with E-state index in [1.165, 1.54) is 24.0 Å². The van der Waals surface area contributed by atoms with E-state index in [1.54, 1.807) is 0 Å². The predicted molar refractivity (Wildman–Crippen MR) is 75.5 cm³/mol. The van der Waals surface area contributed by atoms with Crippen LogP contribution >= 0.6 is 0 Å². The molecule has 0 bridgehead atoms. The van der Waals surface area contributed by atoms with Gasteiger partial charge in [-0.05, 0) is 31.2 Å². The summed E-state index contributed by atoms with van der Waals surface area (Å²) in [5, 5.41) is 0. The van der Waals surface area contributed by atoms with Gasteiger partial charge in [0.05, 0.1) is 11.6 Å². The summed E-state index contributed by atoms with van der Waals surface area (Å²) >= 11 is 0. The monoisotopic (exact) mass is 247 g/mol. The molecule has 1 aromatic rings. The largest absolute Gasteiger partial charge is 0.376 e. The van der Waals surface area contributed by atoms with Crippen LogP contribution in [0.1, 0.15) is 49.8 Å². The molecule has 1 aromatic carbocycles. The SMILES string of the molecule is COC1(C(N)c2cccc(C)c2)CCCC(C)C1. The Labute approximate surface area is 111 Å². The zero-order chi connectivity index (χ0) is 13.2. The first-order valence-corrected chi connectivity index (χ1v) is 6.95. The van der Waals surface area contributed by atoms with Crippen molar-refractivity contribution in [3.63, 3.8) is 0 Å². The first-order chi connectivity index (χ1) is 8.57. The van der Waals surface area contributed by atoms with Crippen LogP contribution in [0.2, 0.25) is 0 Å². The van der Waals surface area contributed by atoms with E-state index in [0.29, 0.717) is 5.92 Å². The summed E-state index contributed by atoms with van der Waals surface area (Å²) < 4.78 is 5.88. The molecular weight excluding hydrogens is 222 g/mol. The Balaban J connectivity index is 2.26. The molecule has 3 unspecified atom stereocenters. The normalized spacial score (nSPS) is 30.1. The molecule has 2 nitrogen and oxygen atoms in total. The third kappa shape index (κ3) is 2.60. The van der Waals surface area contributed by atoms with E-state index in [0.717, 1.165) is 12.8 Å². The number of benzene rings is 1. The molecule has 0 spiro atoms. The summed E-state index contributed by atoms with van der Waals surface area (Å²) in [4.78, 5) is 0. The highest BCUT2D eigenvalue weighted by Gasteiger charge is 2.41. The molecule has 2 heteroatoms. The number of aryl methyl sites for hydroxylation is 1. The summed E-state index contributed by atoms with van der Waals surface area (Å²) in [5.74, 6) is 0.703. The van der Waals surface area contributed by atoms with Gasteiger partial charge in [0, 0.05) is 7.11 Å².